The van der Waals surface area contributed by atoms with Gasteiger partial charge in [-0.3, -0.25) is 4.79 Å². The smallest absolute Gasteiger partial charge is 0.250 e. The van der Waals surface area contributed by atoms with E-state index in [1.165, 1.54) is 6.07 Å². The highest BCUT2D eigenvalue weighted by atomic mass is 35.5. The van der Waals surface area contributed by atoms with Crippen LogP contribution in [0.1, 0.15) is 24.2 Å². The molecular formula is C11H15ClN2O2. The highest BCUT2D eigenvalue weighted by Gasteiger charge is 2.13. The van der Waals surface area contributed by atoms with Crippen LogP contribution in [-0.2, 0) is 0 Å². The Morgan fingerprint density at radius 2 is 2.12 bits per heavy atom. The number of hydrogen-bond acceptors (Lipinski definition) is 3. The van der Waals surface area contributed by atoms with Crippen molar-refractivity contribution in [1.29, 1.82) is 0 Å². The maximum Gasteiger partial charge on any atom is 0.250 e. The summed E-state index contributed by atoms with van der Waals surface area (Å²) in [6, 6.07) is 4.72. The normalized spacial score (nSPS) is 11.2. The minimum absolute atomic E-state index is 0.278. The van der Waals surface area contributed by atoms with Crippen LogP contribution in [-0.4, -0.2) is 18.1 Å². The molecule has 5 heteroatoms. The number of benzene rings is 1. The van der Waals surface area contributed by atoms with E-state index in [0.29, 0.717) is 12.4 Å². The average molecular weight is 243 g/mol. The van der Waals surface area contributed by atoms with Crippen molar-refractivity contribution >= 4 is 17.5 Å². The van der Waals surface area contributed by atoms with Gasteiger partial charge in [0.15, 0.2) is 0 Å². The number of nitrogens with two attached hydrogens (primary N) is 2. The largest absolute Gasteiger partial charge is 0.492 e. The third-order valence-electron chi connectivity index (χ3n) is 1.82. The number of rotatable bonds is 4. The fraction of sp³-hybridized carbons (Fsp3) is 0.364. The van der Waals surface area contributed by atoms with Crippen LogP contribution >= 0.6 is 11.6 Å². The van der Waals surface area contributed by atoms with Crippen LogP contribution < -0.4 is 16.2 Å². The second-order valence-electron chi connectivity index (χ2n) is 4.28. The molecule has 1 aromatic rings. The molecule has 0 saturated carbocycles. The SMILES string of the molecule is CC(C)(N)COc1ccc(C(N)=O)c(Cl)c1. The number of primary amides is 1. The van der Waals surface area contributed by atoms with Crippen molar-refractivity contribution < 1.29 is 9.53 Å². The Labute approximate surface area is 99.5 Å². The Morgan fingerprint density at radius 1 is 1.50 bits per heavy atom. The molecule has 4 nitrogen and oxygen atoms in total. The fourth-order valence-electron chi connectivity index (χ4n) is 1.05. The molecule has 4 N–H and O–H groups in total. The van der Waals surface area contributed by atoms with E-state index in [4.69, 9.17) is 27.8 Å². The molecule has 0 aliphatic rings. The molecule has 0 atom stereocenters. The van der Waals surface area contributed by atoms with Crippen LogP contribution in [0.5, 0.6) is 5.75 Å². The summed E-state index contributed by atoms with van der Waals surface area (Å²) in [6.07, 6.45) is 0. The molecule has 0 radical (unpaired) electrons. The van der Waals surface area contributed by atoms with Crippen LogP contribution in [0.15, 0.2) is 18.2 Å². The number of carbonyl (C=O) groups is 1. The Bertz CT molecular complexity index is 399. The number of hydrogen-bond donors (Lipinski definition) is 2. The van der Waals surface area contributed by atoms with Crippen molar-refractivity contribution in [1.82, 2.24) is 0 Å². The summed E-state index contributed by atoms with van der Waals surface area (Å²) in [5, 5.41) is 0.278. The van der Waals surface area contributed by atoms with Crippen molar-refractivity contribution in [3.8, 4) is 5.75 Å². The molecule has 0 heterocycles. The molecule has 0 unspecified atom stereocenters. The third-order valence-corrected chi connectivity index (χ3v) is 2.13. The van der Waals surface area contributed by atoms with E-state index in [1.807, 2.05) is 13.8 Å². The van der Waals surface area contributed by atoms with Crippen molar-refractivity contribution in [2.75, 3.05) is 6.61 Å². The number of halogens is 1. The zero-order chi connectivity index (χ0) is 12.3. The molecule has 0 spiro atoms. The summed E-state index contributed by atoms with van der Waals surface area (Å²) >= 11 is 5.86. The summed E-state index contributed by atoms with van der Waals surface area (Å²) in [5.41, 5.74) is 10.7. The molecular weight excluding hydrogens is 228 g/mol. The molecule has 16 heavy (non-hydrogen) atoms. The topological polar surface area (TPSA) is 78.3 Å². The van der Waals surface area contributed by atoms with E-state index in [0.717, 1.165) is 0 Å². The summed E-state index contributed by atoms with van der Waals surface area (Å²) in [7, 11) is 0. The van der Waals surface area contributed by atoms with E-state index in [9.17, 15) is 4.79 Å². The molecule has 0 aliphatic carbocycles. The second-order valence-corrected chi connectivity index (χ2v) is 4.69. The van der Waals surface area contributed by atoms with Crippen molar-refractivity contribution in [3.63, 3.8) is 0 Å². The lowest BCUT2D eigenvalue weighted by atomic mass is 10.1. The van der Waals surface area contributed by atoms with Gasteiger partial charge in [-0.1, -0.05) is 11.6 Å². The van der Waals surface area contributed by atoms with Crippen LogP contribution in [0.3, 0.4) is 0 Å². The van der Waals surface area contributed by atoms with Crippen molar-refractivity contribution in [2.45, 2.75) is 19.4 Å². The van der Waals surface area contributed by atoms with Gasteiger partial charge in [0, 0.05) is 5.54 Å². The van der Waals surface area contributed by atoms with Crippen LogP contribution in [0, 0.1) is 0 Å². The maximum absolute atomic E-state index is 10.9. The standard InChI is InChI=1S/C11H15ClN2O2/c1-11(2,14)6-16-7-3-4-8(10(13)15)9(12)5-7/h3-5H,6,14H2,1-2H3,(H2,13,15). The summed E-state index contributed by atoms with van der Waals surface area (Å²) in [4.78, 5) is 10.9. The second kappa shape index (κ2) is 4.72. The maximum atomic E-state index is 10.9. The van der Waals surface area contributed by atoms with Gasteiger partial charge in [-0.15, -0.1) is 0 Å². The van der Waals surface area contributed by atoms with Gasteiger partial charge in [-0.2, -0.15) is 0 Å². The van der Waals surface area contributed by atoms with Gasteiger partial charge in [0.2, 0.25) is 5.91 Å². The van der Waals surface area contributed by atoms with Gasteiger partial charge >= 0.3 is 0 Å². The molecule has 0 bridgehead atoms. The van der Waals surface area contributed by atoms with Crippen molar-refractivity contribution in [2.24, 2.45) is 11.5 Å². The van der Waals surface area contributed by atoms with Gasteiger partial charge in [0.1, 0.15) is 12.4 Å². The molecule has 0 saturated heterocycles. The summed E-state index contributed by atoms with van der Waals surface area (Å²) in [6.45, 7) is 4.07. The van der Waals surface area contributed by atoms with Gasteiger partial charge in [0.05, 0.1) is 10.6 Å². The molecule has 1 amide bonds. The zero-order valence-corrected chi connectivity index (χ0v) is 10.0. The monoisotopic (exact) mass is 242 g/mol. The quantitative estimate of drug-likeness (QED) is 0.841. The third kappa shape index (κ3) is 3.72. The summed E-state index contributed by atoms with van der Waals surface area (Å²) < 4.78 is 5.42. The fourth-order valence-corrected chi connectivity index (χ4v) is 1.32. The van der Waals surface area contributed by atoms with E-state index in [-0.39, 0.29) is 10.6 Å². The van der Waals surface area contributed by atoms with Crippen LogP contribution in [0.2, 0.25) is 5.02 Å². The average Bonchev–Trinajstić information content (AvgIpc) is 2.13. The van der Waals surface area contributed by atoms with Gasteiger partial charge < -0.3 is 16.2 Å². The highest BCUT2D eigenvalue weighted by Crippen LogP contribution is 2.22. The highest BCUT2D eigenvalue weighted by molar-refractivity contribution is 6.33. The molecule has 0 fully saturated rings. The molecule has 0 aromatic heterocycles. The molecule has 0 aliphatic heterocycles. The van der Waals surface area contributed by atoms with E-state index in [1.54, 1.807) is 12.1 Å². The number of ether oxygens (including phenoxy) is 1. The first-order valence-electron chi connectivity index (χ1n) is 4.80. The Kier molecular flexibility index (Phi) is 3.78. The molecule has 88 valence electrons. The first-order chi connectivity index (χ1) is 7.29. The number of amides is 1. The van der Waals surface area contributed by atoms with E-state index < -0.39 is 11.4 Å². The van der Waals surface area contributed by atoms with Gasteiger partial charge in [-0.25, -0.2) is 0 Å². The van der Waals surface area contributed by atoms with E-state index >= 15 is 0 Å². The molecule has 1 aromatic carbocycles. The van der Waals surface area contributed by atoms with Gasteiger partial charge in [-0.05, 0) is 32.0 Å². The Hall–Kier alpha value is -1.26. The lowest BCUT2D eigenvalue weighted by molar-refractivity contribution is 0.100. The Balaban J connectivity index is 2.78. The predicted molar refractivity (Wildman–Crippen MR) is 63.7 cm³/mol. The predicted octanol–water partition coefficient (Wildman–Crippen LogP) is 1.55. The molecule has 1 rings (SSSR count). The van der Waals surface area contributed by atoms with Crippen LogP contribution in [0.4, 0.5) is 0 Å². The lowest BCUT2D eigenvalue weighted by Gasteiger charge is -2.19. The summed E-state index contributed by atoms with van der Waals surface area (Å²) in [5.74, 6) is 0.00392. The van der Waals surface area contributed by atoms with Crippen LogP contribution in [0.25, 0.3) is 0 Å². The zero-order valence-electron chi connectivity index (χ0n) is 9.29. The number of carbonyl (C=O) groups excluding carboxylic acids is 1. The van der Waals surface area contributed by atoms with Crippen molar-refractivity contribution in [3.05, 3.63) is 28.8 Å². The minimum Gasteiger partial charge on any atom is -0.492 e. The van der Waals surface area contributed by atoms with Gasteiger partial charge in [0.25, 0.3) is 0 Å². The lowest BCUT2D eigenvalue weighted by Crippen LogP contribution is -2.38. The van der Waals surface area contributed by atoms with E-state index in [2.05, 4.69) is 0 Å². The Morgan fingerprint density at radius 3 is 2.56 bits per heavy atom. The first-order valence-corrected chi connectivity index (χ1v) is 5.18. The minimum atomic E-state index is -0.560. The first kappa shape index (κ1) is 12.8.